The van der Waals surface area contributed by atoms with Crippen molar-refractivity contribution in [3.63, 3.8) is 0 Å². The first-order chi connectivity index (χ1) is 16.2. The van der Waals surface area contributed by atoms with Crippen LogP contribution in [0, 0.1) is 13.8 Å². The van der Waals surface area contributed by atoms with Crippen LogP contribution in [0.5, 0.6) is 0 Å². The van der Waals surface area contributed by atoms with Crippen molar-refractivity contribution in [3.05, 3.63) is 107 Å². The third kappa shape index (κ3) is 5.30. The van der Waals surface area contributed by atoms with Crippen LogP contribution in [0.2, 0.25) is 5.02 Å². The molecule has 1 heterocycles. The molecular weight excluding hydrogens is 472 g/mol. The van der Waals surface area contributed by atoms with Crippen LogP contribution >= 0.6 is 11.6 Å². The van der Waals surface area contributed by atoms with Gasteiger partial charge in [-0.05, 0) is 66.9 Å². The number of sulfonamides is 1. The van der Waals surface area contributed by atoms with Crippen LogP contribution in [0.25, 0.3) is 5.69 Å². The summed E-state index contributed by atoms with van der Waals surface area (Å²) < 4.78 is 30.5. The van der Waals surface area contributed by atoms with Gasteiger partial charge in [-0.25, -0.2) is 13.4 Å². The Morgan fingerprint density at radius 1 is 1.03 bits per heavy atom. The average molecular weight is 495 g/mol. The van der Waals surface area contributed by atoms with Crippen LogP contribution < -0.4 is 10.0 Å². The number of nitrogens with zero attached hydrogens (tertiary/aromatic N) is 2. The Kier molecular flexibility index (Phi) is 6.72. The van der Waals surface area contributed by atoms with E-state index >= 15 is 0 Å². The van der Waals surface area contributed by atoms with Crippen molar-refractivity contribution in [1.82, 2.24) is 14.9 Å². The Labute approximate surface area is 203 Å². The van der Waals surface area contributed by atoms with Gasteiger partial charge in [-0.15, -0.1) is 0 Å². The Bertz CT molecular complexity index is 1430. The van der Waals surface area contributed by atoms with E-state index in [2.05, 4.69) is 15.0 Å². The molecule has 0 saturated carbocycles. The van der Waals surface area contributed by atoms with Crippen LogP contribution in [-0.2, 0) is 16.6 Å². The molecule has 0 radical (unpaired) electrons. The number of carbonyl (C=O) groups is 1. The molecule has 34 heavy (non-hydrogen) atoms. The summed E-state index contributed by atoms with van der Waals surface area (Å²) in [5.74, 6) is -0.404. The molecule has 0 unspecified atom stereocenters. The van der Waals surface area contributed by atoms with Crippen LogP contribution in [0.1, 0.15) is 27.0 Å². The van der Waals surface area contributed by atoms with Crippen molar-refractivity contribution in [3.8, 4) is 5.69 Å². The first-order valence-electron chi connectivity index (χ1n) is 10.5. The lowest BCUT2D eigenvalue weighted by atomic mass is 10.1. The SMILES string of the molecule is Cc1ccc(C)c(NS(=O)(=O)c2cc(C(=O)NCc3ccc(-n4ccnc4)cc3)ccc2Cl)c1. The third-order valence-corrected chi connectivity index (χ3v) is 7.16. The molecule has 174 valence electrons. The Balaban J connectivity index is 1.48. The lowest BCUT2D eigenvalue weighted by Gasteiger charge is -2.13. The molecule has 0 fully saturated rings. The van der Waals surface area contributed by atoms with Gasteiger partial charge in [0.2, 0.25) is 0 Å². The third-order valence-electron chi connectivity index (χ3n) is 5.31. The van der Waals surface area contributed by atoms with Crippen molar-refractivity contribution in [1.29, 1.82) is 0 Å². The number of rotatable bonds is 7. The van der Waals surface area contributed by atoms with Gasteiger partial charge in [0.05, 0.1) is 17.0 Å². The molecular formula is C25H23ClN4O3S. The smallest absolute Gasteiger partial charge is 0.263 e. The van der Waals surface area contributed by atoms with Crippen molar-refractivity contribution in [2.24, 2.45) is 0 Å². The van der Waals surface area contributed by atoms with E-state index < -0.39 is 15.9 Å². The number of carbonyl (C=O) groups excluding carboxylic acids is 1. The topological polar surface area (TPSA) is 93.1 Å². The second-order valence-electron chi connectivity index (χ2n) is 7.89. The van der Waals surface area contributed by atoms with Crippen LogP contribution in [0.4, 0.5) is 5.69 Å². The summed E-state index contributed by atoms with van der Waals surface area (Å²) in [7, 11) is -4.00. The monoisotopic (exact) mass is 494 g/mol. The number of nitrogens with one attached hydrogen (secondary N) is 2. The largest absolute Gasteiger partial charge is 0.348 e. The van der Waals surface area contributed by atoms with Crippen molar-refractivity contribution in [2.75, 3.05) is 4.72 Å². The maximum Gasteiger partial charge on any atom is 0.263 e. The molecule has 1 aromatic heterocycles. The summed E-state index contributed by atoms with van der Waals surface area (Å²) >= 11 is 6.20. The molecule has 4 rings (SSSR count). The Morgan fingerprint density at radius 2 is 1.79 bits per heavy atom. The van der Waals surface area contributed by atoms with Crippen molar-refractivity contribution < 1.29 is 13.2 Å². The number of hydrogen-bond donors (Lipinski definition) is 2. The van der Waals surface area contributed by atoms with Gasteiger partial charge in [0, 0.05) is 30.2 Å². The zero-order valence-electron chi connectivity index (χ0n) is 18.6. The maximum atomic E-state index is 13.0. The molecule has 9 heteroatoms. The van der Waals surface area contributed by atoms with Gasteiger partial charge in [-0.2, -0.15) is 0 Å². The first-order valence-corrected chi connectivity index (χ1v) is 12.3. The number of aromatic nitrogens is 2. The molecule has 0 aliphatic rings. The molecule has 0 bridgehead atoms. The Hall–Kier alpha value is -3.62. The van der Waals surface area contributed by atoms with Crippen LogP contribution in [0.3, 0.4) is 0 Å². The lowest BCUT2D eigenvalue weighted by molar-refractivity contribution is 0.0950. The number of hydrogen-bond acceptors (Lipinski definition) is 4. The Morgan fingerprint density at radius 3 is 2.50 bits per heavy atom. The summed E-state index contributed by atoms with van der Waals surface area (Å²) in [5.41, 5.74) is 4.21. The molecule has 7 nitrogen and oxygen atoms in total. The predicted octanol–water partition coefficient (Wildman–Crippen LogP) is 4.87. The van der Waals surface area contributed by atoms with E-state index in [0.29, 0.717) is 5.69 Å². The molecule has 0 spiro atoms. The zero-order valence-corrected chi connectivity index (χ0v) is 20.2. The molecule has 3 aromatic carbocycles. The average Bonchev–Trinajstić information content (AvgIpc) is 3.35. The van der Waals surface area contributed by atoms with Crippen molar-refractivity contribution in [2.45, 2.75) is 25.3 Å². The molecule has 4 aromatic rings. The summed E-state index contributed by atoms with van der Waals surface area (Å²) in [5, 5.41) is 2.85. The number of imidazole rings is 1. The molecule has 0 aliphatic carbocycles. The summed E-state index contributed by atoms with van der Waals surface area (Å²) in [6.07, 6.45) is 5.25. The first kappa shape index (κ1) is 23.5. The highest BCUT2D eigenvalue weighted by Gasteiger charge is 2.21. The van der Waals surface area contributed by atoms with Crippen LogP contribution in [0.15, 0.2) is 84.3 Å². The summed E-state index contributed by atoms with van der Waals surface area (Å²) in [4.78, 5) is 16.6. The van der Waals surface area contributed by atoms with Crippen molar-refractivity contribution >= 4 is 33.2 Å². The van der Waals surface area contributed by atoms with Gasteiger partial charge >= 0.3 is 0 Å². The second kappa shape index (κ2) is 9.70. The van der Waals surface area contributed by atoms with E-state index in [-0.39, 0.29) is 22.0 Å². The van der Waals surface area contributed by atoms with Gasteiger partial charge in [-0.1, -0.05) is 35.9 Å². The summed E-state index contributed by atoms with van der Waals surface area (Å²) in [6.45, 7) is 3.97. The van der Waals surface area contributed by atoms with Gasteiger partial charge < -0.3 is 9.88 Å². The van der Waals surface area contributed by atoms with E-state index in [1.165, 1.54) is 18.2 Å². The molecule has 0 aliphatic heterocycles. The number of amides is 1. The number of anilines is 1. The van der Waals surface area contributed by atoms with Gasteiger partial charge in [0.1, 0.15) is 4.90 Å². The number of benzene rings is 3. The van der Waals surface area contributed by atoms with E-state index in [0.717, 1.165) is 22.4 Å². The highest BCUT2D eigenvalue weighted by molar-refractivity contribution is 7.92. The minimum Gasteiger partial charge on any atom is -0.348 e. The standard InChI is InChI=1S/C25H23ClN4O3S/c1-17-3-4-18(2)23(13-17)29-34(32,33)24-14-20(7-10-22(24)26)25(31)28-15-19-5-8-21(9-6-19)30-12-11-27-16-30/h3-14,16,29H,15H2,1-2H3,(H,28,31). The van der Waals surface area contributed by atoms with Gasteiger partial charge in [0.25, 0.3) is 15.9 Å². The summed E-state index contributed by atoms with van der Waals surface area (Å²) in [6, 6.07) is 17.3. The molecule has 0 saturated heterocycles. The molecule has 0 atom stereocenters. The second-order valence-corrected chi connectivity index (χ2v) is 9.95. The van der Waals surface area contributed by atoms with Gasteiger partial charge in [-0.3, -0.25) is 9.52 Å². The molecule has 2 N–H and O–H groups in total. The van der Waals surface area contributed by atoms with E-state index in [1.807, 2.05) is 61.0 Å². The number of aryl methyl sites for hydroxylation is 2. The minimum absolute atomic E-state index is 0.0319. The van der Waals surface area contributed by atoms with E-state index in [9.17, 15) is 13.2 Å². The highest BCUT2D eigenvalue weighted by Crippen LogP contribution is 2.27. The fraction of sp³-hybridized carbons (Fsp3) is 0.120. The number of halogens is 1. The quantitative estimate of drug-likeness (QED) is 0.383. The predicted molar refractivity (Wildman–Crippen MR) is 133 cm³/mol. The molecule has 1 amide bonds. The van der Waals surface area contributed by atoms with Crippen LogP contribution in [-0.4, -0.2) is 23.9 Å². The van der Waals surface area contributed by atoms with E-state index in [1.54, 1.807) is 18.6 Å². The highest BCUT2D eigenvalue weighted by atomic mass is 35.5. The van der Waals surface area contributed by atoms with Gasteiger partial charge in [0.15, 0.2) is 0 Å². The fourth-order valence-electron chi connectivity index (χ4n) is 3.38. The fourth-order valence-corrected chi connectivity index (χ4v) is 5.03. The minimum atomic E-state index is -4.00. The maximum absolute atomic E-state index is 13.0. The normalized spacial score (nSPS) is 11.3. The lowest BCUT2D eigenvalue weighted by Crippen LogP contribution is -2.23. The van der Waals surface area contributed by atoms with E-state index in [4.69, 9.17) is 11.6 Å². The zero-order chi connectivity index (χ0) is 24.3.